The molecule has 5 heteroatoms. The molecule has 0 fully saturated rings. The lowest BCUT2D eigenvalue weighted by molar-refractivity contribution is -0.132. The second-order valence-corrected chi connectivity index (χ2v) is 9.02. The van der Waals surface area contributed by atoms with E-state index in [1.165, 1.54) is 32.1 Å². The molecule has 0 saturated heterocycles. The van der Waals surface area contributed by atoms with Gasteiger partial charge in [-0.2, -0.15) is 0 Å². The molecule has 0 spiro atoms. The molecule has 0 aliphatic carbocycles. The van der Waals surface area contributed by atoms with Crippen LogP contribution >= 0.6 is 0 Å². The first-order valence-corrected chi connectivity index (χ1v) is 12.6. The topological polar surface area (TPSA) is 49.3 Å². The van der Waals surface area contributed by atoms with Crippen molar-refractivity contribution in [3.63, 3.8) is 0 Å². The van der Waals surface area contributed by atoms with Crippen LogP contribution in [-0.4, -0.2) is 40.9 Å². The van der Waals surface area contributed by atoms with Crippen LogP contribution < -0.4 is 4.90 Å². The average molecular weight is 437 g/mol. The highest BCUT2D eigenvalue weighted by Gasteiger charge is 2.26. The second-order valence-electron chi connectivity index (χ2n) is 9.02. The van der Waals surface area contributed by atoms with Crippen LogP contribution in [0.25, 0.3) is 11.4 Å². The molecule has 1 amide bonds. The van der Waals surface area contributed by atoms with E-state index < -0.39 is 0 Å². The number of unbranched alkanes of at least 4 members (excludes halogenated alkanes) is 6. The Bertz CT molecular complexity index is 852. The monoisotopic (exact) mass is 436 g/mol. The minimum atomic E-state index is 0.278. The first-order valence-electron chi connectivity index (χ1n) is 12.6. The van der Waals surface area contributed by atoms with Crippen molar-refractivity contribution in [3.05, 3.63) is 41.6 Å². The van der Waals surface area contributed by atoms with Gasteiger partial charge in [-0.1, -0.05) is 82.7 Å². The van der Waals surface area contributed by atoms with Crippen molar-refractivity contribution in [1.82, 2.24) is 14.9 Å². The van der Waals surface area contributed by atoms with Crippen molar-refractivity contribution < 1.29 is 4.79 Å². The van der Waals surface area contributed by atoms with Gasteiger partial charge >= 0.3 is 0 Å². The lowest BCUT2D eigenvalue weighted by atomic mass is 10.0. The van der Waals surface area contributed by atoms with Crippen LogP contribution in [0.1, 0.15) is 82.9 Å². The summed E-state index contributed by atoms with van der Waals surface area (Å²) in [4.78, 5) is 27.0. The predicted octanol–water partition coefficient (Wildman–Crippen LogP) is 6.02. The fourth-order valence-corrected chi connectivity index (χ4v) is 4.47. The quantitative estimate of drug-likeness (QED) is 0.382. The van der Waals surface area contributed by atoms with E-state index in [1.807, 2.05) is 23.1 Å². The highest BCUT2D eigenvalue weighted by molar-refractivity contribution is 5.77. The maximum Gasteiger partial charge on any atom is 0.222 e. The van der Waals surface area contributed by atoms with E-state index in [-0.39, 0.29) is 5.91 Å². The number of fused-ring (bicyclic) bond motifs is 1. The van der Waals surface area contributed by atoms with Gasteiger partial charge in [-0.05, 0) is 12.8 Å². The van der Waals surface area contributed by atoms with Gasteiger partial charge in [0.15, 0.2) is 5.82 Å². The Morgan fingerprint density at radius 2 is 1.69 bits per heavy atom. The minimum Gasteiger partial charge on any atom is -0.359 e. The molecule has 5 nitrogen and oxygen atoms in total. The number of hydrogen-bond donors (Lipinski definition) is 0. The largest absolute Gasteiger partial charge is 0.359 e. The van der Waals surface area contributed by atoms with Crippen molar-refractivity contribution >= 4 is 11.7 Å². The van der Waals surface area contributed by atoms with Gasteiger partial charge in [0.2, 0.25) is 5.91 Å². The van der Waals surface area contributed by atoms with Gasteiger partial charge in [-0.25, -0.2) is 9.97 Å². The molecular weight excluding hydrogens is 396 g/mol. The van der Waals surface area contributed by atoms with E-state index in [1.54, 1.807) is 0 Å². The molecule has 32 heavy (non-hydrogen) atoms. The van der Waals surface area contributed by atoms with Gasteiger partial charge in [-0.15, -0.1) is 0 Å². The summed E-state index contributed by atoms with van der Waals surface area (Å²) in [6.45, 7) is 6.74. The number of hydrogen-bond acceptors (Lipinski definition) is 4. The van der Waals surface area contributed by atoms with E-state index >= 15 is 0 Å². The zero-order chi connectivity index (χ0) is 22.8. The third-order valence-corrected chi connectivity index (χ3v) is 6.34. The van der Waals surface area contributed by atoms with Gasteiger partial charge in [0.1, 0.15) is 5.82 Å². The molecule has 0 atom stereocenters. The lowest BCUT2D eigenvalue weighted by Gasteiger charge is -2.32. The first-order chi connectivity index (χ1) is 15.6. The molecule has 0 unspecified atom stereocenters. The molecule has 0 saturated carbocycles. The van der Waals surface area contributed by atoms with Crippen molar-refractivity contribution in [2.45, 2.75) is 84.6 Å². The third kappa shape index (κ3) is 6.54. The molecule has 1 aromatic heterocycles. The number of amides is 1. The molecule has 2 aromatic rings. The van der Waals surface area contributed by atoms with Crippen LogP contribution in [0.15, 0.2) is 30.3 Å². The molecule has 1 aliphatic heterocycles. The summed E-state index contributed by atoms with van der Waals surface area (Å²) in [5, 5.41) is 0. The molecule has 3 rings (SSSR count). The van der Waals surface area contributed by atoms with Crippen LogP contribution in [0.4, 0.5) is 5.82 Å². The normalized spacial score (nSPS) is 13.2. The fraction of sp³-hybridized carbons (Fsp3) is 0.593. The number of benzene rings is 1. The summed E-state index contributed by atoms with van der Waals surface area (Å²) in [5.41, 5.74) is 3.26. The van der Waals surface area contributed by atoms with E-state index in [2.05, 4.69) is 37.9 Å². The van der Waals surface area contributed by atoms with Gasteiger partial charge in [0.05, 0.1) is 12.2 Å². The smallest absolute Gasteiger partial charge is 0.222 e. The number of aromatic nitrogens is 2. The van der Waals surface area contributed by atoms with Crippen molar-refractivity contribution in [2.75, 3.05) is 25.0 Å². The highest BCUT2D eigenvalue weighted by Crippen LogP contribution is 2.29. The minimum absolute atomic E-state index is 0.278. The van der Waals surface area contributed by atoms with Crippen molar-refractivity contribution in [3.8, 4) is 11.4 Å². The van der Waals surface area contributed by atoms with E-state index in [0.717, 1.165) is 67.2 Å². The molecule has 2 heterocycles. The Balaban J connectivity index is 1.68. The summed E-state index contributed by atoms with van der Waals surface area (Å²) in [6.07, 6.45) is 11.2. The molecule has 1 aromatic carbocycles. The van der Waals surface area contributed by atoms with Gasteiger partial charge in [0.25, 0.3) is 0 Å². The maximum absolute atomic E-state index is 12.9. The van der Waals surface area contributed by atoms with Crippen molar-refractivity contribution in [1.29, 1.82) is 0 Å². The van der Waals surface area contributed by atoms with Crippen LogP contribution in [0.2, 0.25) is 0 Å². The maximum atomic E-state index is 12.9. The van der Waals surface area contributed by atoms with Gasteiger partial charge in [-0.3, -0.25) is 4.79 Å². The molecular formula is C27H40N4O. The van der Waals surface area contributed by atoms with Gasteiger partial charge in [0, 0.05) is 44.1 Å². The Labute approximate surface area is 194 Å². The summed E-state index contributed by atoms with van der Waals surface area (Å²) in [6, 6.07) is 10.2. The summed E-state index contributed by atoms with van der Waals surface area (Å²) < 4.78 is 0. The summed E-state index contributed by atoms with van der Waals surface area (Å²) in [7, 11) is 2.10. The number of carbonyl (C=O) groups is 1. The molecule has 0 radical (unpaired) electrons. The molecule has 0 bridgehead atoms. The second kappa shape index (κ2) is 12.6. The zero-order valence-corrected chi connectivity index (χ0v) is 20.3. The summed E-state index contributed by atoms with van der Waals surface area (Å²) in [5.74, 6) is 2.04. The third-order valence-electron chi connectivity index (χ3n) is 6.34. The lowest BCUT2D eigenvalue weighted by Crippen LogP contribution is -2.37. The number of rotatable bonds is 12. The van der Waals surface area contributed by atoms with Crippen LogP contribution in [-0.2, 0) is 17.8 Å². The Kier molecular flexibility index (Phi) is 9.51. The van der Waals surface area contributed by atoms with Crippen molar-refractivity contribution in [2.24, 2.45) is 0 Å². The molecule has 174 valence electrons. The number of nitrogens with zero attached hydrogens (tertiary/aromatic N) is 4. The Hall–Kier alpha value is -2.43. The van der Waals surface area contributed by atoms with Crippen LogP contribution in [0.5, 0.6) is 0 Å². The molecule has 1 aliphatic rings. The van der Waals surface area contributed by atoms with E-state index in [0.29, 0.717) is 13.0 Å². The van der Waals surface area contributed by atoms with E-state index in [9.17, 15) is 4.79 Å². The van der Waals surface area contributed by atoms with Crippen LogP contribution in [0.3, 0.4) is 0 Å². The average Bonchev–Trinajstić information content (AvgIpc) is 2.83. The standard InChI is InChI=1S/C27H40N4O/c1-4-6-7-8-9-10-14-17-25(32)31-20-18-24-23(21-31)27(30(3)19-5-2)29-26(28-24)22-15-12-11-13-16-22/h11-13,15-16H,4-10,14,17-21H2,1-3H3. The summed E-state index contributed by atoms with van der Waals surface area (Å²) >= 11 is 0. The van der Waals surface area contributed by atoms with Gasteiger partial charge < -0.3 is 9.80 Å². The zero-order valence-electron chi connectivity index (χ0n) is 20.3. The SMILES string of the molecule is CCCCCCCCCC(=O)N1CCc2nc(-c3ccccc3)nc(N(C)CCC)c2C1. The van der Waals surface area contributed by atoms with Crippen LogP contribution in [0, 0.1) is 0 Å². The number of carbonyl (C=O) groups excluding carboxylic acids is 1. The fourth-order valence-electron chi connectivity index (χ4n) is 4.47. The Morgan fingerprint density at radius 1 is 0.969 bits per heavy atom. The number of anilines is 1. The molecule has 0 N–H and O–H groups in total. The predicted molar refractivity (Wildman–Crippen MR) is 133 cm³/mol. The first kappa shape index (κ1) is 24.2. The highest BCUT2D eigenvalue weighted by atomic mass is 16.2. The van der Waals surface area contributed by atoms with E-state index in [4.69, 9.17) is 9.97 Å². The Morgan fingerprint density at radius 3 is 2.41 bits per heavy atom.